The summed E-state index contributed by atoms with van der Waals surface area (Å²) in [6, 6.07) is 5.33. The van der Waals surface area contributed by atoms with Gasteiger partial charge in [-0.2, -0.15) is 0 Å². The number of nitrogens with zero attached hydrogens (tertiary/aromatic N) is 2. The van der Waals surface area contributed by atoms with Crippen LogP contribution in [0, 0.1) is 10.1 Å². The van der Waals surface area contributed by atoms with Gasteiger partial charge in [0.1, 0.15) is 5.56 Å². The Kier molecular flexibility index (Phi) is 3.15. The minimum atomic E-state index is -0.748. The van der Waals surface area contributed by atoms with E-state index >= 15 is 0 Å². The number of rotatable bonds is 3. The number of carbonyl (C=O) groups is 1. The number of nitrogens with one attached hydrogen (secondary N) is 1. The fourth-order valence-corrected chi connectivity index (χ4v) is 1.54. The molecular formula is C11H9N3O5. The van der Waals surface area contributed by atoms with E-state index in [1.54, 1.807) is 0 Å². The topological polar surface area (TPSA) is 107 Å². The van der Waals surface area contributed by atoms with Crippen molar-refractivity contribution in [2.45, 2.75) is 0 Å². The van der Waals surface area contributed by atoms with E-state index in [-0.39, 0.29) is 11.3 Å². The Bertz CT molecular complexity index is 683. The first kappa shape index (κ1) is 12.6. The fraction of sp³-hybridized carbons (Fsp3) is 0.0909. The molecule has 2 aromatic rings. The zero-order valence-corrected chi connectivity index (χ0v) is 9.82. The number of aromatic nitrogens is 2. The van der Waals surface area contributed by atoms with Crippen molar-refractivity contribution in [3.05, 3.63) is 56.5 Å². The largest absolute Gasteiger partial charge is 0.465 e. The number of esters is 1. The lowest BCUT2D eigenvalue weighted by Crippen LogP contribution is -2.20. The number of ether oxygens (including phenoxy) is 1. The molecule has 1 aromatic carbocycles. The molecule has 0 saturated heterocycles. The number of carbonyl (C=O) groups excluding carboxylic acids is 1. The molecule has 0 fully saturated rings. The number of nitro benzene ring substituents is 1. The van der Waals surface area contributed by atoms with Crippen LogP contribution in [0.15, 0.2) is 35.3 Å². The maximum atomic E-state index is 11.9. The molecule has 0 bridgehead atoms. The van der Waals surface area contributed by atoms with Crippen molar-refractivity contribution in [1.29, 1.82) is 0 Å². The van der Waals surface area contributed by atoms with Crippen molar-refractivity contribution in [2.24, 2.45) is 0 Å². The zero-order valence-electron chi connectivity index (χ0n) is 9.82. The molecule has 8 nitrogen and oxygen atoms in total. The number of benzene rings is 1. The lowest BCUT2D eigenvalue weighted by Gasteiger charge is -2.00. The molecule has 0 spiro atoms. The van der Waals surface area contributed by atoms with E-state index in [0.717, 1.165) is 4.68 Å². The van der Waals surface area contributed by atoms with E-state index in [0.29, 0.717) is 5.69 Å². The minimum absolute atomic E-state index is 0.0865. The highest BCUT2D eigenvalue weighted by Crippen LogP contribution is 2.13. The summed E-state index contributed by atoms with van der Waals surface area (Å²) in [6.45, 7) is 0. The van der Waals surface area contributed by atoms with Gasteiger partial charge in [0.2, 0.25) is 0 Å². The molecule has 98 valence electrons. The first-order valence-corrected chi connectivity index (χ1v) is 5.18. The van der Waals surface area contributed by atoms with E-state index in [4.69, 9.17) is 0 Å². The predicted octanol–water partition coefficient (Wildman–Crippen LogP) is 0.860. The number of non-ortho nitro benzene ring substituents is 1. The minimum Gasteiger partial charge on any atom is -0.465 e. The summed E-state index contributed by atoms with van der Waals surface area (Å²) in [7, 11) is 1.17. The fourth-order valence-electron chi connectivity index (χ4n) is 1.54. The maximum Gasteiger partial charge on any atom is 0.345 e. The zero-order chi connectivity index (χ0) is 14.0. The van der Waals surface area contributed by atoms with Crippen molar-refractivity contribution < 1.29 is 14.5 Å². The molecule has 2 rings (SSSR count). The van der Waals surface area contributed by atoms with Crippen LogP contribution in [-0.2, 0) is 4.74 Å². The SMILES string of the molecule is COC(=O)c1c[nH]n(-c2ccc([N+](=O)[O-])cc2)c1=O. The predicted molar refractivity (Wildman–Crippen MR) is 64.4 cm³/mol. The second-order valence-electron chi connectivity index (χ2n) is 3.59. The molecule has 19 heavy (non-hydrogen) atoms. The number of methoxy groups -OCH3 is 1. The van der Waals surface area contributed by atoms with Crippen molar-refractivity contribution >= 4 is 11.7 Å². The Morgan fingerprint density at radius 1 is 1.37 bits per heavy atom. The van der Waals surface area contributed by atoms with Crippen LogP contribution in [-0.4, -0.2) is 27.8 Å². The van der Waals surface area contributed by atoms with Crippen LogP contribution in [0.1, 0.15) is 10.4 Å². The average molecular weight is 263 g/mol. The first-order valence-electron chi connectivity index (χ1n) is 5.18. The van der Waals surface area contributed by atoms with Gasteiger partial charge in [0.15, 0.2) is 0 Å². The number of nitro groups is 1. The van der Waals surface area contributed by atoms with Crippen molar-refractivity contribution in [2.75, 3.05) is 7.11 Å². The van der Waals surface area contributed by atoms with Crippen LogP contribution >= 0.6 is 0 Å². The first-order chi connectivity index (χ1) is 9.04. The summed E-state index contributed by atoms with van der Waals surface area (Å²) in [5.74, 6) is -0.748. The highest BCUT2D eigenvalue weighted by Gasteiger charge is 2.15. The number of H-pyrrole nitrogens is 1. The van der Waals surface area contributed by atoms with Gasteiger partial charge in [-0.15, -0.1) is 0 Å². The molecule has 0 unspecified atom stereocenters. The Morgan fingerprint density at radius 3 is 2.53 bits per heavy atom. The molecule has 0 radical (unpaired) electrons. The van der Waals surface area contributed by atoms with Gasteiger partial charge in [0, 0.05) is 18.3 Å². The van der Waals surface area contributed by atoms with Gasteiger partial charge in [-0.05, 0) is 12.1 Å². The molecular weight excluding hydrogens is 254 g/mol. The number of hydrogen-bond acceptors (Lipinski definition) is 5. The molecule has 0 aliphatic carbocycles. The average Bonchev–Trinajstić information content (AvgIpc) is 2.80. The highest BCUT2D eigenvalue weighted by atomic mass is 16.6. The Labute approximate surface area is 106 Å². The van der Waals surface area contributed by atoms with Gasteiger partial charge >= 0.3 is 5.97 Å². The van der Waals surface area contributed by atoms with Gasteiger partial charge < -0.3 is 4.74 Å². The standard InChI is InChI=1S/C11H9N3O5/c1-19-11(16)9-6-12-13(10(9)15)7-2-4-8(5-3-7)14(17)18/h2-6,12H,1H3. The van der Waals surface area contributed by atoms with Crippen LogP contribution in [0.25, 0.3) is 5.69 Å². The molecule has 1 heterocycles. The van der Waals surface area contributed by atoms with E-state index < -0.39 is 16.5 Å². The van der Waals surface area contributed by atoms with Gasteiger partial charge in [0.05, 0.1) is 17.7 Å². The summed E-state index contributed by atoms with van der Waals surface area (Å²) < 4.78 is 5.55. The molecule has 1 aromatic heterocycles. The van der Waals surface area contributed by atoms with Crippen LogP contribution in [0.4, 0.5) is 5.69 Å². The van der Waals surface area contributed by atoms with Crippen LogP contribution in [0.5, 0.6) is 0 Å². The third-order valence-corrected chi connectivity index (χ3v) is 2.50. The van der Waals surface area contributed by atoms with Gasteiger partial charge in [0.25, 0.3) is 11.2 Å². The highest BCUT2D eigenvalue weighted by molar-refractivity contribution is 5.88. The van der Waals surface area contributed by atoms with E-state index in [1.165, 1.54) is 37.6 Å². The Balaban J connectivity index is 2.43. The second kappa shape index (κ2) is 4.77. The monoisotopic (exact) mass is 263 g/mol. The molecule has 8 heteroatoms. The van der Waals surface area contributed by atoms with Crippen LogP contribution in [0.3, 0.4) is 0 Å². The smallest absolute Gasteiger partial charge is 0.345 e. The van der Waals surface area contributed by atoms with E-state index in [1.807, 2.05) is 0 Å². The molecule has 1 N–H and O–H groups in total. The van der Waals surface area contributed by atoms with E-state index in [2.05, 4.69) is 9.84 Å². The van der Waals surface area contributed by atoms with Gasteiger partial charge in [-0.3, -0.25) is 20.0 Å². The normalized spacial score (nSPS) is 10.2. The van der Waals surface area contributed by atoms with Gasteiger partial charge in [-0.1, -0.05) is 0 Å². The summed E-state index contributed by atoms with van der Waals surface area (Å²) in [5.41, 5.74) is -0.427. The molecule has 0 amide bonds. The summed E-state index contributed by atoms with van der Waals surface area (Å²) in [6.07, 6.45) is 1.22. The number of aromatic amines is 1. The Morgan fingerprint density at radius 2 is 2.00 bits per heavy atom. The molecule has 0 saturated carbocycles. The summed E-state index contributed by atoms with van der Waals surface area (Å²) in [4.78, 5) is 33.1. The lowest BCUT2D eigenvalue weighted by molar-refractivity contribution is -0.384. The molecule has 0 atom stereocenters. The van der Waals surface area contributed by atoms with Gasteiger partial charge in [-0.25, -0.2) is 9.48 Å². The molecule has 0 aliphatic rings. The quantitative estimate of drug-likeness (QED) is 0.502. The van der Waals surface area contributed by atoms with E-state index in [9.17, 15) is 19.7 Å². The molecule has 0 aliphatic heterocycles. The van der Waals surface area contributed by atoms with Crippen molar-refractivity contribution in [3.63, 3.8) is 0 Å². The third-order valence-electron chi connectivity index (χ3n) is 2.50. The third kappa shape index (κ3) is 2.23. The van der Waals surface area contributed by atoms with Crippen molar-refractivity contribution in [3.8, 4) is 5.69 Å². The Hall–Kier alpha value is -2.90. The number of hydrogen-bond donors (Lipinski definition) is 1. The second-order valence-corrected chi connectivity index (χ2v) is 3.59. The van der Waals surface area contributed by atoms with Crippen molar-refractivity contribution in [1.82, 2.24) is 9.78 Å². The summed E-state index contributed by atoms with van der Waals surface area (Å²) in [5, 5.41) is 13.1. The lowest BCUT2D eigenvalue weighted by atomic mass is 10.3. The maximum absolute atomic E-state index is 11.9. The van der Waals surface area contributed by atoms with Crippen LogP contribution in [0.2, 0.25) is 0 Å². The van der Waals surface area contributed by atoms with Crippen LogP contribution < -0.4 is 5.56 Å². The summed E-state index contributed by atoms with van der Waals surface area (Å²) >= 11 is 0.